The molecule has 0 saturated carbocycles. The van der Waals surface area contributed by atoms with Gasteiger partial charge in [-0.05, 0) is 44.2 Å². The van der Waals surface area contributed by atoms with Crippen molar-refractivity contribution in [1.82, 2.24) is 24.6 Å². The second-order valence-electron chi connectivity index (χ2n) is 8.42. The summed E-state index contributed by atoms with van der Waals surface area (Å²) in [7, 11) is 2.12. The Hall–Kier alpha value is -1.76. The largest absolute Gasteiger partial charge is 0.393 e. The summed E-state index contributed by atoms with van der Waals surface area (Å²) in [6, 6.07) is 10.8. The zero-order valence-electron chi connectivity index (χ0n) is 17.0. The molecule has 1 aromatic carbocycles. The van der Waals surface area contributed by atoms with Gasteiger partial charge in [0.1, 0.15) is 11.6 Å². The average Bonchev–Trinajstić information content (AvgIpc) is 3.09. The molecule has 2 aliphatic heterocycles. The number of benzene rings is 1. The fourth-order valence-corrected chi connectivity index (χ4v) is 4.55. The van der Waals surface area contributed by atoms with E-state index in [1.807, 2.05) is 0 Å². The van der Waals surface area contributed by atoms with Gasteiger partial charge in [0.2, 0.25) is 0 Å². The average molecular weight is 384 g/mol. The number of rotatable bonds is 6. The van der Waals surface area contributed by atoms with Gasteiger partial charge in [-0.2, -0.15) is 0 Å². The van der Waals surface area contributed by atoms with Gasteiger partial charge in [0.05, 0.1) is 12.6 Å². The zero-order chi connectivity index (χ0) is 19.3. The maximum absolute atomic E-state index is 9.70. The quantitative estimate of drug-likeness (QED) is 0.829. The Morgan fingerprint density at radius 2 is 1.79 bits per heavy atom. The monoisotopic (exact) mass is 383 g/mol. The molecule has 1 aromatic heterocycles. The van der Waals surface area contributed by atoms with Crippen LogP contribution >= 0.6 is 0 Å². The molecule has 0 bridgehead atoms. The van der Waals surface area contributed by atoms with Gasteiger partial charge in [-0.15, -0.1) is 10.2 Å². The van der Waals surface area contributed by atoms with Gasteiger partial charge in [0, 0.05) is 39.1 Å². The lowest BCUT2D eigenvalue weighted by molar-refractivity contribution is 0.0775. The molecule has 6 heteroatoms. The molecule has 4 rings (SSSR count). The van der Waals surface area contributed by atoms with E-state index in [1.54, 1.807) is 0 Å². The molecular formula is C22H33N5O. The minimum atomic E-state index is -0.129. The first kappa shape index (κ1) is 19.6. The molecule has 152 valence electrons. The molecule has 2 saturated heterocycles. The summed E-state index contributed by atoms with van der Waals surface area (Å²) in [5.41, 5.74) is 1.41. The number of aliphatic hydroxyl groups excluding tert-OH is 1. The van der Waals surface area contributed by atoms with Gasteiger partial charge in [-0.3, -0.25) is 4.90 Å². The first-order valence-electron chi connectivity index (χ1n) is 10.7. The lowest BCUT2D eigenvalue weighted by atomic mass is 9.96. The van der Waals surface area contributed by atoms with Crippen LogP contribution in [0.4, 0.5) is 0 Å². The van der Waals surface area contributed by atoms with E-state index >= 15 is 0 Å². The molecule has 6 nitrogen and oxygen atoms in total. The van der Waals surface area contributed by atoms with Crippen LogP contribution in [0.2, 0.25) is 0 Å². The van der Waals surface area contributed by atoms with Gasteiger partial charge < -0.3 is 14.6 Å². The summed E-state index contributed by atoms with van der Waals surface area (Å²) in [5.74, 6) is 2.66. The van der Waals surface area contributed by atoms with E-state index < -0.39 is 0 Å². The Labute approximate surface area is 168 Å². The van der Waals surface area contributed by atoms with Crippen molar-refractivity contribution in [3.8, 4) is 0 Å². The van der Waals surface area contributed by atoms with Crippen molar-refractivity contribution in [2.45, 2.75) is 50.7 Å². The topological polar surface area (TPSA) is 57.4 Å². The van der Waals surface area contributed by atoms with Crippen LogP contribution in [0.1, 0.15) is 48.8 Å². The molecule has 1 atom stereocenters. The smallest absolute Gasteiger partial charge is 0.146 e. The number of nitrogens with zero attached hydrogens (tertiary/aromatic N) is 5. The molecule has 28 heavy (non-hydrogen) atoms. The highest BCUT2D eigenvalue weighted by atomic mass is 16.3. The lowest BCUT2D eigenvalue weighted by Gasteiger charge is -2.32. The van der Waals surface area contributed by atoms with E-state index in [-0.39, 0.29) is 6.10 Å². The Balaban J connectivity index is 1.34. The normalized spacial score (nSPS) is 22.6. The van der Waals surface area contributed by atoms with Gasteiger partial charge in [0.25, 0.3) is 0 Å². The van der Waals surface area contributed by atoms with Crippen molar-refractivity contribution in [2.24, 2.45) is 7.05 Å². The fraction of sp³-hybridized carbons (Fsp3) is 0.636. The second kappa shape index (κ2) is 9.16. The van der Waals surface area contributed by atoms with Crippen molar-refractivity contribution in [1.29, 1.82) is 0 Å². The third-order valence-electron chi connectivity index (χ3n) is 6.35. The Morgan fingerprint density at radius 3 is 2.57 bits per heavy atom. The van der Waals surface area contributed by atoms with Crippen molar-refractivity contribution in [2.75, 3.05) is 32.7 Å². The highest BCUT2D eigenvalue weighted by Crippen LogP contribution is 2.26. The summed E-state index contributed by atoms with van der Waals surface area (Å²) in [6.45, 7) is 6.10. The number of likely N-dealkylation sites (tertiary alicyclic amines) is 2. The third kappa shape index (κ3) is 4.80. The summed E-state index contributed by atoms with van der Waals surface area (Å²) in [6.07, 6.45) is 5.14. The van der Waals surface area contributed by atoms with Crippen LogP contribution in [0.3, 0.4) is 0 Å². The van der Waals surface area contributed by atoms with E-state index in [9.17, 15) is 5.11 Å². The first-order chi connectivity index (χ1) is 13.7. The molecule has 1 N–H and O–H groups in total. The van der Waals surface area contributed by atoms with Crippen LogP contribution in [-0.4, -0.2) is 68.5 Å². The van der Waals surface area contributed by atoms with Gasteiger partial charge >= 0.3 is 0 Å². The molecule has 0 spiro atoms. The molecule has 0 amide bonds. The highest BCUT2D eigenvalue weighted by molar-refractivity contribution is 5.15. The minimum absolute atomic E-state index is 0.129. The van der Waals surface area contributed by atoms with Crippen LogP contribution in [-0.2, 0) is 20.0 Å². The minimum Gasteiger partial charge on any atom is -0.393 e. The lowest BCUT2D eigenvalue weighted by Crippen LogP contribution is -2.37. The van der Waals surface area contributed by atoms with E-state index in [0.717, 1.165) is 63.6 Å². The number of piperidine rings is 2. The van der Waals surface area contributed by atoms with Crippen LogP contribution in [0.25, 0.3) is 0 Å². The van der Waals surface area contributed by atoms with Crippen molar-refractivity contribution in [3.63, 3.8) is 0 Å². The van der Waals surface area contributed by atoms with E-state index in [0.29, 0.717) is 5.92 Å². The van der Waals surface area contributed by atoms with Gasteiger partial charge in [-0.1, -0.05) is 30.3 Å². The summed E-state index contributed by atoms with van der Waals surface area (Å²) < 4.78 is 2.22. The van der Waals surface area contributed by atoms with E-state index in [4.69, 9.17) is 0 Å². The standard InChI is InChI=1S/C22H33N5O/c1-25-21(17-27-14-10-20(28)11-15-27)23-24-22(25)19-8-5-12-26(16-19)13-9-18-6-3-2-4-7-18/h2-4,6-7,19-20,28H,5,8-17H2,1H3/t19-/m1/s1. The molecule has 2 fully saturated rings. The van der Waals surface area contributed by atoms with Gasteiger partial charge in [0.15, 0.2) is 0 Å². The molecule has 3 heterocycles. The predicted octanol–water partition coefficient (Wildman–Crippen LogP) is 2.19. The molecule has 0 aliphatic carbocycles. The number of hydrogen-bond donors (Lipinski definition) is 1. The Kier molecular flexibility index (Phi) is 6.40. The molecular weight excluding hydrogens is 350 g/mol. The zero-order valence-corrected chi connectivity index (χ0v) is 17.0. The number of aliphatic hydroxyl groups is 1. The Morgan fingerprint density at radius 1 is 1.00 bits per heavy atom. The number of aromatic nitrogens is 3. The molecule has 0 unspecified atom stereocenters. The van der Waals surface area contributed by atoms with Crippen molar-refractivity contribution < 1.29 is 5.11 Å². The van der Waals surface area contributed by atoms with Gasteiger partial charge in [-0.25, -0.2) is 0 Å². The first-order valence-corrected chi connectivity index (χ1v) is 10.7. The molecule has 0 radical (unpaired) electrons. The second-order valence-corrected chi connectivity index (χ2v) is 8.42. The number of hydrogen-bond acceptors (Lipinski definition) is 5. The maximum Gasteiger partial charge on any atom is 0.146 e. The molecule has 2 aromatic rings. The predicted molar refractivity (Wildman–Crippen MR) is 110 cm³/mol. The Bertz CT molecular complexity index is 739. The summed E-state index contributed by atoms with van der Waals surface area (Å²) >= 11 is 0. The van der Waals surface area contributed by atoms with Crippen molar-refractivity contribution >= 4 is 0 Å². The van der Waals surface area contributed by atoms with Crippen LogP contribution in [0, 0.1) is 0 Å². The van der Waals surface area contributed by atoms with Crippen LogP contribution < -0.4 is 0 Å². The third-order valence-corrected chi connectivity index (χ3v) is 6.35. The summed E-state index contributed by atoms with van der Waals surface area (Å²) in [4.78, 5) is 4.97. The van der Waals surface area contributed by atoms with Crippen molar-refractivity contribution in [3.05, 3.63) is 47.5 Å². The van der Waals surface area contributed by atoms with E-state index in [1.165, 1.54) is 24.9 Å². The SMILES string of the molecule is Cn1c(CN2CCC(O)CC2)nnc1[C@@H]1CCCN(CCc2ccccc2)C1. The highest BCUT2D eigenvalue weighted by Gasteiger charge is 2.26. The maximum atomic E-state index is 9.70. The summed E-state index contributed by atoms with van der Waals surface area (Å²) in [5, 5.41) is 18.8. The fourth-order valence-electron chi connectivity index (χ4n) is 4.55. The van der Waals surface area contributed by atoms with Crippen LogP contribution in [0.5, 0.6) is 0 Å². The molecule has 2 aliphatic rings. The van der Waals surface area contributed by atoms with Crippen LogP contribution in [0.15, 0.2) is 30.3 Å². The van der Waals surface area contributed by atoms with E-state index in [2.05, 4.69) is 61.9 Å².